The lowest BCUT2D eigenvalue weighted by Crippen LogP contribution is -2.58. The summed E-state index contributed by atoms with van der Waals surface area (Å²) in [5.74, 6) is -0.827. The fraction of sp³-hybridized carbons (Fsp3) is 0.655. The Kier molecular flexibility index (Phi) is 9.41. The number of hydrogen-bond donors (Lipinski definition) is 4. The molecule has 0 unspecified atom stereocenters. The molecule has 2 aliphatic carbocycles. The maximum atomic E-state index is 14.1. The highest BCUT2D eigenvalue weighted by atomic mass is 16.2. The Morgan fingerprint density at radius 3 is 2.42 bits per heavy atom. The second-order valence-corrected chi connectivity index (χ2v) is 11.2. The van der Waals surface area contributed by atoms with E-state index < -0.39 is 18.1 Å². The summed E-state index contributed by atoms with van der Waals surface area (Å²) < 4.78 is 0. The third-order valence-corrected chi connectivity index (χ3v) is 8.49. The molecule has 208 valence electrons. The van der Waals surface area contributed by atoms with E-state index >= 15 is 0 Å². The van der Waals surface area contributed by atoms with Crippen molar-refractivity contribution in [2.45, 2.75) is 102 Å². The number of benzene rings is 1. The summed E-state index contributed by atoms with van der Waals surface area (Å²) in [5.41, 5.74) is 2.38. The van der Waals surface area contributed by atoms with Crippen molar-refractivity contribution in [3.05, 3.63) is 35.4 Å². The Morgan fingerprint density at radius 1 is 0.974 bits per heavy atom. The Bertz CT molecular complexity index is 1020. The topological polar surface area (TPSA) is 120 Å². The van der Waals surface area contributed by atoms with Gasteiger partial charge in [0, 0.05) is 19.5 Å². The van der Waals surface area contributed by atoms with Crippen LogP contribution in [-0.4, -0.2) is 66.3 Å². The highest BCUT2D eigenvalue weighted by Gasteiger charge is 2.45. The van der Waals surface area contributed by atoms with Gasteiger partial charge in [-0.05, 0) is 69.5 Å². The van der Waals surface area contributed by atoms with Crippen LogP contribution in [0.1, 0.15) is 82.4 Å². The Balaban J connectivity index is 1.56. The number of fused-ring (bicyclic) bond motifs is 1. The van der Waals surface area contributed by atoms with E-state index in [9.17, 15) is 19.2 Å². The summed E-state index contributed by atoms with van der Waals surface area (Å²) in [5, 5.41) is 12.1. The van der Waals surface area contributed by atoms with E-state index in [0.717, 1.165) is 56.9 Å². The number of aryl methyl sites for hydroxylation is 1. The van der Waals surface area contributed by atoms with Crippen molar-refractivity contribution in [2.24, 2.45) is 5.92 Å². The molecule has 38 heavy (non-hydrogen) atoms. The van der Waals surface area contributed by atoms with Gasteiger partial charge in [-0.25, -0.2) is 0 Å². The summed E-state index contributed by atoms with van der Waals surface area (Å²) in [4.78, 5) is 54.2. The normalized spacial score (nSPS) is 25.1. The average Bonchev–Trinajstić information content (AvgIpc) is 3.34. The summed E-state index contributed by atoms with van der Waals surface area (Å²) in [6, 6.07) is 5.92. The van der Waals surface area contributed by atoms with Gasteiger partial charge in [-0.2, -0.15) is 0 Å². The fourth-order valence-corrected chi connectivity index (χ4v) is 6.33. The largest absolute Gasteiger partial charge is 0.352 e. The van der Waals surface area contributed by atoms with Gasteiger partial charge in [-0.1, -0.05) is 43.5 Å². The van der Waals surface area contributed by atoms with Crippen LogP contribution in [0.5, 0.6) is 0 Å². The van der Waals surface area contributed by atoms with Crippen LogP contribution in [0, 0.1) is 5.92 Å². The van der Waals surface area contributed by atoms with Gasteiger partial charge >= 0.3 is 0 Å². The van der Waals surface area contributed by atoms with Gasteiger partial charge in [0.1, 0.15) is 12.1 Å². The summed E-state index contributed by atoms with van der Waals surface area (Å²) in [7, 11) is 1.71. The molecule has 1 aromatic carbocycles. The predicted molar refractivity (Wildman–Crippen MR) is 145 cm³/mol. The standard InChI is InChI=1S/C29H43N5O4/c1-18(30-3)27(36)33-26(21-11-5-4-6-12-21)29(38)34-17-22(31-19(2)35)16-25(34)28(37)32-24-15-9-13-20-10-7-8-14-23(20)24/h7-8,10,14,18,21-22,24-26,30H,4-6,9,11-13,15-17H2,1-3H3,(H,31,35)(H,32,37)(H,33,36)/t18-,22-,24+,25-,26-/m0/s1. The highest BCUT2D eigenvalue weighted by Crippen LogP contribution is 2.32. The lowest BCUT2D eigenvalue weighted by molar-refractivity contribution is -0.143. The molecule has 1 saturated heterocycles. The van der Waals surface area contributed by atoms with Crippen LogP contribution in [0.25, 0.3) is 0 Å². The molecule has 0 radical (unpaired) electrons. The number of amides is 4. The molecule has 9 heteroatoms. The zero-order valence-electron chi connectivity index (χ0n) is 22.9. The number of carbonyl (C=O) groups excluding carboxylic acids is 4. The molecule has 4 rings (SSSR count). The maximum absolute atomic E-state index is 14.1. The molecule has 2 fully saturated rings. The SMILES string of the molecule is CN[C@@H](C)C(=O)N[C@H](C(=O)N1C[C@@H](NC(C)=O)C[C@H]1C(=O)N[C@@H]1CCCc2ccccc21)C1CCCCC1. The molecule has 0 spiro atoms. The second kappa shape index (κ2) is 12.7. The number of likely N-dealkylation sites (tertiary alicyclic amines) is 1. The van der Waals surface area contributed by atoms with Crippen LogP contribution in [0.2, 0.25) is 0 Å². The van der Waals surface area contributed by atoms with Gasteiger partial charge < -0.3 is 26.2 Å². The minimum Gasteiger partial charge on any atom is -0.352 e. The molecule has 4 N–H and O–H groups in total. The number of nitrogens with one attached hydrogen (secondary N) is 4. The predicted octanol–water partition coefficient (Wildman–Crippen LogP) is 1.96. The van der Waals surface area contributed by atoms with Gasteiger partial charge in [0.15, 0.2) is 0 Å². The molecule has 1 aromatic rings. The molecular formula is C29H43N5O4. The van der Waals surface area contributed by atoms with E-state index in [2.05, 4.69) is 33.4 Å². The average molecular weight is 526 g/mol. The molecule has 0 bridgehead atoms. The summed E-state index contributed by atoms with van der Waals surface area (Å²) >= 11 is 0. The Morgan fingerprint density at radius 2 is 1.71 bits per heavy atom. The van der Waals surface area contributed by atoms with Crippen molar-refractivity contribution >= 4 is 23.6 Å². The zero-order chi connectivity index (χ0) is 27.2. The Hall–Kier alpha value is -2.94. The number of nitrogens with zero attached hydrogens (tertiary/aromatic N) is 1. The molecule has 3 aliphatic rings. The van der Waals surface area contributed by atoms with Crippen molar-refractivity contribution in [1.82, 2.24) is 26.2 Å². The van der Waals surface area contributed by atoms with Crippen molar-refractivity contribution in [1.29, 1.82) is 0 Å². The monoisotopic (exact) mass is 525 g/mol. The van der Waals surface area contributed by atoms with Crippen LogP contribution >= 0.6 is 0 Å². The first kappa shape index (κ1) is 28.1. The van der Waals surface area contributed by atoms with E-state index in [0.29, 0.717) is 6.42 Å². The smallest absolute Gasteiger partial charge is 0.246 e. The van der Waals surface area contributed by atoms with Crippen molar-refractivity contribution in [2.75, 3.05) is 13.6 Å². The molecule has 4 amide bonds. The third-order valence-electron chi connectivity index (χ3n) is 8.49. The van der Waals surface area contributed by atoms with Crippen LogP contribution in [-0.2, 0) is 25.6 Å². The molecule has 0 aromatic heterocycles. The van der Waals surface area contributed by atoms with E-state index in [-0.39, 0.29) is 48.2 Å². The molecule has 1 heterocycles. The first-order chi connectivity index (χ1) is 18.3. The number of rotatable bonds is 8. The minimum absolute atomic E-state index is 0.0259. The molecule has 9 nitrogen and oxygen atoms in total. The highest BCUT2D eigenvalue weighted by molar-refractivity contribution is 5.94. The number of carbonyl (C=O) groups is 4. The summed E-state index contributed by atoms with van der Waals surface area (Å²) in [6.45, 7) is 3.46. The zero-order valence-corrected chi connectivity index (χ0v) is 22.9. The van der Waals surface area contributed by atoms with Crippen LogP contribution in [0.3, 0.4) is 0 Å². The third kappa shape index (κ3) is 6.54. The summed E-state index contributed by atoms with van der Waals surface area (Å²) in [6.07, 6.45) is 8.08. The van der Waals surface area contributed by atoms with E-state index in [1.54, 1.807) is 18.9 Å². The van der Waals surface area contributed by atoms with Crippen LogP contribution in [0.4, 0.5) is 0 Å². The van der Waals surface area contributed by atoms with Crippen molar-refractivity contribution in [3.63, 3.8) is 0 Å². The second-order valence-electron chi connectivity index (χ2n) is 11.2. The lowest BCUT2D eigenvalue weighted by Gasteiger charge is -2.35. The van der Waals surface area contributed by atoms with Gasteiger partial charge in [-0.3, -0.25) is 19.2 Å². The van der Waals surface area contributed by atoms with Crippen LogP contribution in [0.15, 0.2) is 24.3 Å². The maximum Gasteiger partial charge on any atom is 0.246 e. The Labute approximate surface area is 225 Å². The molecule has 1 aliphatic heterocycles. The quantitative estimate of drug-likeness (QED) is 0.414. The van der Waals surface area contributed by atoms with E-state index in [1.165, 1.54) is 12.5 Å². The van der Waals surface area contributed by atoms with Gasteiger partial charge in [0.2, 0.25) is 23.6 Å². The molecule has 1 saturated carbocycles. The van der Waals surface area contributed by atoms with Crippen molar-refractivity contribution in [3.8, 4) is 0 Å². The van der Waals surface area contributed by atoms with E-state index in [4.69, 9.17) is 0 Å². The van der Waals surface area contributed by atoms with Gasteiger partial charge in [0.05, 0.1) is 12.1 Å². The minimum atomic E-state index is -0.710. The van der Waals surface area contributed by atoms with Gasteiger partial charge in [0.25, 0.3) is 0 Å². The van der Waals surface area contributed by atoms with E-state index in [1.807, 2.05) is 12.1 Å². The van der Waals surface area contributed by atoms with Gasteiger partial charge in [-0.15, -0.1) is 0 Å². The lowest BCUT2D eigenvalue weighted by atomic mass is 9.83. The van der Waals surface area contributed by atoms with Crippen molar-refractivity contribution < 1.29 is 19.2 Å². The molecular weight excluding hydrogens is 482 g/mol. The first-order valence-corrected chi connectivity index (χ1v) is 14.2. The number of hydrogen-bond acceptors (Lipinski definition) is 5. The number of likely N-dealkylation sites (N-methyl/N-ethyl adjacent to an activating group) is 1. The first-order valence-electron chi connectivity index (χ1n) is 14.2. The molecule has 5 atom stereocenters. The van der Waals surface area contributed by atoms with Crippen LogP contribution < -0.4 is 21.3 Å². The fourth-order valence-electron chi connectivity index (χ4n) is 6.33.